The van der Waals surface area contributed by atoms with E-state index in [2.05, 4.69) is 0 Å². The minimum absolute atomic E-state index is 0.121. The largest absolute Gasteiger partial charge is 0.443 e. The highest BCUT2D eigenvalue weighted by molar-refractivity contribution is 5.98. The smallest absolute Gasteiger partial charge is 0.414 e. The van der Waals surface area contributed by atoms with Gasteiger partial charge in [0.2, 0.25) is 5.91 Å². The van der Waals surface area contributed by atoms with Crippen molar-refractivity contribution in [1.82, 2.24) is 0 Å². The lowest BCUT2D eigenvalue weighted by Gasteiger charge is -2.33. The SMILES string of the molecule is CC(C)N1C(=O)CCc2cc(N3CC(CN)OC3=O)ccc21. The van der Waals surface area contributed by atoms with Crippen LogP contribution in [-0.2, 0) is 16.0 Å². The highest BCUT2D eigenvalue weighted by Crippen LogP contribution is 2.33. The summed E-state index contributed by atoms with van der Waals surface area (Å²) >= 11 is 0. The fourth-order valence-corrected chi connectivity index (χ4v) is 3.09. The molecule has 2 aliphatic rings. The van der Waals surface area contributed by atoms with E-state index in [0.29, 0.717) is 25.9 Å². The number of hydrogen-bond acceptors (Lipinski definition) is 4. The third-order valence-corrected chi connectivity index (χ3v) is 4.16. The molecule has 1 unspecified atom stereocenters. The summed E-state index contributed by atoms with van der Waals surface area (Å²) in [7, 11) is 0. The number of cyclic esters (lactones) is 1. The van der Waals surface area contributed by atoms with Gasteiger partial charge in [0.15, 0.2) is 0 Å². The zero-order valence-corrected chi connectivity index (χ0v) is 12.9. The van der Waals surface area contributed by atoms with Gasteiger partial charge in [-0.2, -0.15) is 0 Å². The lowest BCUT2D eigenvalue weighted by atomic mass is 9.99. The predicted octanol–water partition coefficient (Wildman–Crippen LogP) is 1.66. The molecule has 2 aliphatic heterocycles. The molecule has 2 heterocycles. The molecule has 6 nitrogen and oxygen atoms in total. The summed E-state index contributed by atoms with van der Waals surface area (Å²) < 4.78 is 5.20. The number of carbonyl (C=O) groups is 2. The van der Waals surface area contributed by atoms with Crippen LogP contribution in [0.3, 0.4) is 0 Å². The summed E-state index contributed by atoms with van der Waals surface area (Å²) in [6, 6.07) is 5.89. The monoisotopic (exact) mass is 303 g/mol. The molecule has 0 bridgehead atoms. The van der Waals surface area contributed by atoms with E-state index in [9.17, 15) is 9.59 Å². The molecule has 1 aromatic carbocycles. The Morgan fingerprint density at radius 3 is 2.73 bits per heavy atom. The fraction of sp³-hybridized carbons (Fsp3) is 0.500. The lowest BCUT2D eigenvalue weighted by Crippen LogP contribution is -2.40. The van der Waals surface area contributed by atoms with Gasteiger partial charge in [-0.05, 0) is 44.0 Å². The number of nitrogens with zero attached hydrogens (tertiary/aromatic N) is 2. The molecule has 2 N–H and O–H groups in total. The molecule has 0 radical (unpaired) electrons. The van der Waals surface area contributed by atoms with Crippen molar-refractivity contribution in [2.24, 2.45) is 5.73 Å². The first kappa shape index (κ1) is 14.8. The molecule has 22 heavy (non-hydrogen) atoms. The number of hydrogen-bond donors (Lipinski definition) is 1. The van der Waals surface area contributed by atoms with Crippen LogP contribution in [0.5, 0.6) is 0 Å². The van der Waals surface area contributed by atoms with Gasteiger partial charge >= 0.3 is 6.09 Å². The van der Waals surface area contributed by atoms with Crippen molar-refractivity contribution in [2.75, 3.05) is 22.9 Å². The molecule has 0 aliphatic carbocycles. The standard InChI is InChI=1S/C16H21N3O3/c1-10(2)19-14-5-4-12(7-11(14)3-6-15(19)20)18-9-13(8-17)22-16(18)21/h4-5,7,10,13H,3,6,8-9,17H2,1-2H3. The Bertz CT molecular complexity index is 615. The zero-order valence-electron chi connectivity index (χ0n) is 12.9. The molecule has 0 aromatic heterocycles. The van der Waals surface area contributed by atoms with Gasteiger partial charge in [0, 0.05) is 30.4 Å². The molecule has 2 amide bonds. The van der Waals surface area contributed by atoms with Crippen molar-refractivity contribution in [3.05, 3.63) is 23.8 Å². The zero-order chi connectivity index (χ0) is 15.9. The first-order valence-corrected chi connectivity index (χ1v) is 7.64. The van der Waals surface area contributed by atoms with Gasteiger partial charge in [-0.15, -0.1) is 0 Å². The number of anilines is 2. The quantitative estimate of drug-likeness (QED) is 0.921. The van der Waals surface area contributed by atoms with Crippen molar-refractivity contribution in [1.29, 1.82) is 0 Å². The third-order valence-electron chi connectivity index (χ3n) is 4.16. The van der Waals surface area contributed by atoms with Gasteiger partial charge in [-0.1, -0.05) is 0 Å². The number of amides is 2. The number of ether oxygens (including phenoxy) is 1. The molecular formula is C16H21N3O3. The van der Waals surface area contributed by atoms with Gasteiger partial charge in [-0.3, -0.25) is 9.69 Å². The van der Waals surface area contributed by atoms with Crippen LogP contribution in [-0.4, -0.2) is 37.2 Å². The molecule has 118 valence electrons. The molecule has 0 spiro atoms. The number of carbonyl (C=O) groups excluding carboxylic acids is 2. The summed E-state index contributed by atoms with van der Waals surface area (Å²) in [5.41, 5.74) is 8.40. The Kier molecular flexibility index (Phi) is 3.78. The van der Waals surface area contributed by atoms with Crippen LogP contribution < -0.4 is 15.5 Å². The highest BCUT2D eigenvalue weighted by Gasteiger charge is 2.33. The van der Waals surface area contributed by atoms with Gasteiger partial charge < -0.3 is 15.4 Å². The molecular weight excluding hydrogens is 282 g/mol. The molecule has 1 fully saturated rings. The van der Waals surface area contributed by atoms with E-state index in [1.807, 2.05) is 36.9 Å². The summed E-state index contributed by atoms with van der Waals surface area (Å²) in [6.45, 7) is 4.80. The van der Waals surface area contributed by atoms with Crippen molar-refractivity contribution >= 4 is 23.4 Å². The molecule has 1 atom stereocenters. The maximum Gasteiger partial charge on any atom is 0.414 e. The first-order chi connectivity index (χ1) is 10.5. The average Bonchev–Trinajstić information content (AvgIpc) is 2.87. The van der Waals surface area contributed by atoms with Gasteiger partial charge in [0.25, 0.3) is 0 Å². The first-order valence-electron chi connectivity index (χ1n) is 7.64. The fourth-order valence-electron chi connectivity index (χ4n) is 3.09. The van der Waals surface area contributed by atoms with E-state index in [4.69, 9.17) is 10.5 Å². The average molecular weight is 303 g/mol. The molecule has 1 aromatic rings. The van der Waals surface area contributed by atoms with Crippen molar-refractivity contribution in [2.45, 2.75) is 38.8 Å². The number of benzene rings is 1. The number of nitrogens with two attached hydrogens (primary N) is 1. The summed E-state index contributed by atoms with van der Waals surface area (Å²) in [6.07, 6.45) is 0.596. The lowest BCUT2D eigenvalue weighted by molar-refractivity contribution is -0.119. The Balaban J connectivity index is 1.92. The highest BCUT2D eigenvalue weighted by atomic mass is 16.6. The maximum absolute atomic E-state index is 12.1. The van der Waals surface area contributed by atoms with Crippen LogP contribution in [0.1, 0.15) is 25.8 Å². The topological polar surface area (TPSA) is 75.9 Å². The number of rotatable bonds is 3. The van der Waals surface area contributed by atoms with Crippen LogP contribution in [0.25, 0.3) is 0 Å². The van der Waals surface area contributed by atoms with Crippen LogP contribution in [0, 0.1) is 0 Å². The minimum Gasteiger partial charge on any atom is -0.443 e. The molecule has 1 saturated heterocycles. The number of aryl methyl sites for hydroxylation is 1. The van der Waals surface area contributed by atoms with E-state index in [1.165, 1.54) is 0 Å². The van der Waals surface area contributed by atoms with Crippen molar-refractivity contribution < 1.29 is 14.3 Å². The third kappa shape index (κ3) is 2.43. The van der Waals surface area contributed by atoms with Crippen molar-refractivity contribution in [3.8, 4) is 0 Å². The van der Waals surface area contributed by atoms with Crippen LogP contribution in [0.15, 0.2) is 18.2 Å². The van der Waals surface area contributed by atoms with E-state index in [-0.39, 0.29) is 24.1 Å². The van der Waals surface area contributed by atoms with Crippen LogP contribution >= 0.6 is 0 Å². The van der Waals surface area contributed by atoms with E-state index < -0.39 is 0 Å². The second kappa shape index (κ2) is 5.61. The van der Waals surface area contributed by atoms with E-state index in [1.54, 1.807) is 4.90 Å². The number of fused-ring (bicyclic) bond motifs is 1. The summed E-state index contributed by atoms with van der Waals surface area (Å²) in [5.74, 6) is 0.152. The van der Waals surface area contributed by atoms with Gasteiger partial charge in [0.1, 0.15) is 6.10 Å². The molecule has 6 heteroatoms. The second-order valence-corrected chi connectivity index (χ2v) is 6.02. The Labute approximate surface area is 129 Å². The Morgan fingerprint density at radius 2 is 2.09 bits per heavy atom. The van der Waals surface area contributed by atoms with Crippen LogP contribution in [0.2, 0.25) is 0 Å². The van der Waals surface area contributed by atoms with E-state index in [0.717, 1.165) is 16.9 Å². The minimum atomic E-state index is -0.358. The normalized spacial score (nSPS) is 21.4. The maximum atomic E-state index is 12.1. The van der Waals surface area contributed by atoms with Gasteiger partial charge in [-0.25, -0.2) is 4.79 Å². The summed E-state index contributed by atoms with van der Waals surface area (Å²) in [4.78, 5) is 27.5. The van der Waals surface area contributed by atoms with Crippen molar-refractivity contribution in [3.63, 3.8) is 0 Å². The predicted molar refractivity (Wildman–Crippen MR) is 84.1 cm³/mol. The Morgan fingerprint density at radius 1 is 1.32 bits per heavy atom. The molecule has 3 rings (SSSR count). The second-order valence-electron chi connectivity index (χ2n) is 6.02. The van der Waals surface area contributed by atoms with Gasteiger partial charge in [0.05, 0.1) is 6.54 Å². The van der Waals surface area contributed by atoms with Crippen LogP contribution in [0.4, 0.5) is 16.2 Å². The van der Waals surface area contributed by atoms with E-state index >= 15 is 0 Å². The Hall–Kier alpha value is -2.08. The molecule has 0 saturated carbocycles. The summed E-state index contributed by atoms with van der Waals surface area (Å²) in [5, 5.41) is 0.